The Bertz CT molecular complexity index is 1090. The molecular weight excluding hydrogens is 461 g/mol. The lowest BCUT2D eigenvalue weighted by atomic mass is 10.1. The fraction of sp³-hybridized carbons (Fsp3) is 0.273. The molecular formula is C22H21F3N2O3S2. The molecule has 1 amide bonds. The van der Waals surface area contributed by atoms with Gasteiger partial charge in [-0.3, -0.25) is 4.79 Å². The maximum Gasteiger partial charge on any atom is 0.418 e. The minimum absolute atomic E-state index is 0.248. The van der Waals surface area contributed by atoms with Crippen molar-refractivity contribution in [3.63, 3.8) is 0 Å². The van der Waals surface area contributed by atoms with Gasteiger partial charge in [-0.2, -0.15) is 13.2 Å². The van der Waals surface area contributed by atoms with E-state index in [9.17, 15) is 18.0 Å². The third-order valence-corrected chi connectivity index (χ3v) is 6.64. The minimum Gasteiger partial charge on any atom is -0.493 e. The van der Waals surface area contributed by atoms with Gasteiger partial charge < -0.3 is 14.8 Å². The maximum atomic E-state index is 13.1. The quantitative estimate of drug-likeness (QED) is 0.420. The number of alkyl halides is 3. The van der Waals surface area contributed by atoms with Crippen LogP contribution in [0.5, 0.6) is 11.5 Å². The van der Waals surface area contributed by atoms with E-state index >= 15 is 0 Å². The number of thioether (sulfide) groups is 1. The molecule has 10 heteroatoms. The molecule has 170 valence electrons. The average molecular weight is 483 g/mol. The monoisotopic (exact) mass is 482 g/mol. The lowest BCUT2D eigenvalue weighted by Gasteiger charge is -2.16. The molecule has 0 aliphatic carbocycles. The van der Waals surface area contributed by atoms with Gasteiger partial charge in [0.2, 0.25) is 5.91 Å². The van der Waals surface area contributed by atoms with Crippen LogP contribution in [0.2, 0.25) is 0 Å². The smallest absolute Gasteiger partial charge is 0.418 e. The standard InChI is InChI=1S/C22H21F3N2O3S2/c1-13(20(28)27-17-7-5-4-6-16(17)22(23,24)25)31-11-15-12-32-21(26-15)14-8-9-18(29-2)19(10-14)30-3/h4-10,12-13H,11H2,1-3H3,(H,27,28). The number of thiazole rings is 1. The van der Waals surface area contributed by atoms with Crippen LogP contribution in [0.3, 0.4) is 0 Å². The summed E-state index contributed by atoms with van der Waals surface area (Å²) in [5.74, 6) is 1.16. The number of halogens is 3. The van der Waals surface area contributed by atoms with E-state index in [1.54, 1.807) is 27.2 Å². The number of amides is 1. The number of hydrogen-bond donors (Lipinski definition) is 1. The Morgan fingerprint density at radius 2 is 1.88 bits per heavy atom. The van der Waals surface area contributed by atoms with Crippen molar-refractivity contribution in [2.75, 3.05) is 19.5 Å². The molecule has 1 unspecified atom stereocenters. The van der Waals surface area contributed by atoms with Crippen molar-refractivity contribution in [2.24, 2.45) is 0 Å². The highest BCUT2D eigenvalue weighted by Gasteiger charge is 2.33. The van der Waals surface area contributed by atoms with Gasteiger partial charge in [-0.15, -0.1) is 23.1 Å². The highest BCUT2D eigenvalue weighted by Crippen LogP contribution is 2.36. The largest absolute Gasteiger partial charge is 0.493 e. The molecule has 1 heterocycles. The van der Waals surface area contributed by atoms with Gasteiger partial charge >= 0.3 is 6.18 Å². The van der Waals surface area contributed by atoms with Crippen molar-refractivity contribution in [3.05, 3.63) is 59.1 Å². The molecule has 1 N–H and O–H groups in total. The van der Waals surface area contributed by atoms with Crippen LogP contribution in [0.25, 0.3) is 10.6 Å². The van der Waals surface area contributed by atoms with E-state index in [-0.39, 0.29) is 5.69 Å². The van der Waals surface area contributed by atoms with Crippen LogP contribution in [0.4, 0.5) is 18.9 Å². The van der Waals surface area contributed by atoms with Crippen molar-refractivity contribution in [1.29, 1.82) is 0 Å². The lowest BCUT2D eigenvalue weighted by molar-refractivity contribution is -0.137. The van der Waals surface area contributed by atoms with Crippen LogP contribution < -0.4 is 14.8 Å². The maximum absolute atomic E-state index is 13.1. The molecule has 1 atom stereocenters. The van der Waals surface area contributed by atoms with Crippen molar-refractivity contribution in [3.8, 4) is 22.1 Å². The fourth-order valence-corrected chi connectivity index (χ4v) is 4.54. The van der Waals surface area contributed by atoms with Crippen LogP contribution in [-0.4, -0.2) is 30.4 Å². The number of aromatic nitrogens is 1. The summed E-state index contributed by atoms with van der Waals surface area (Å²) in [6.45, 7) is 1.65. The number of nitrogens with zero attached hydrogens (tertiary/aromatic N) is 1. The van der Waals surface area contributed by atoms with Crippen molar-refractivity contribution < 1.29 is 27.4 Å². The van der Waals surface area contributed by atoms with Gasteiger partial charge in [0.1, 0.15) is 5.01 Å². The molecule has 1 aromatic heterocycles. The number of anilines is 1. The molecule has 0 spiro atoms. The summed E-state index contributed by atoms with van der Waals surface area (Å²) in [6.07, 6.45) is -4.54. The van der Waals surface area contributed by atoms with Gasteiger partial charge in [0.25, 0.3) is 0 Å². The number of methoxy groups -OCH3 is 2. The topological polar surface area (TPSA) is 60.5 Å². The summed E-state index contributed by atoms with van der Waals surface area (Å²) < 4.78 is 49.9. The van der Waals surface area contributed by atoms with Crippen LogP contribution >= 0.6 is 23.1 Å². The number of hydrogen-bond acceptors (Lipinski definition) is 6. The molecule has 0 saturated carbocycles. The Morgan fingerprint density at radius 3 is 2.56 bits per heavy atom. The van der Waals surface area contributed by atoms with Crippen molar-refractivity contribution in [1.82, 2.24) is 4.98 Å². The number of carbonyl (C=O) groups excluding carboxylic acids is 1. The van der Waals surface area contributed by atoms with Crippen LogP contribution in [0.1, 0.15) is 18.2 Å². The number of carbonyl (C=O) groups is 1. The van der Waals surface area contributed by atoms with Gasteiger partial charge in [0.15, 0.2) is 11.5 Å². The second-order valence-electron chi connectivity index (χ2n) is 6.70. The zero-order chi connectivity index (χ0) is 23.3. The van der Waals surface area contributed by atoms with Crippen LogP contribution in [0, 0.1) is 0 Å². The van der Waals surface area contributed by atoms with Gasteiger partial charge in [0.05, 0.1) is 36.4 Å². The normalized spacial score (nSPS) is 12.3. The number of rotatable bonds is 8. The molecule has 0 aliphatic heterocycles. The molecule has 0 saturated heterocycles. The molecule has 3 rings (SSSR count). The Hall–Kier alpha value is -2.72. The van der Waals surface area contributed by atoms with Crippen LogP contribution in [0.15, 0.2) is 47.8 Å². The van der Waals surface area contributed by atoms with Gasteiger partial charge in [-0.1, -0.05) is 12.1 Å². The van der Waals surface area contributed by atoms with E-state index < -0.39 is 22.9 Å². The second-order valence-corrected chi connectivity index (χ2v) is 8.89. The van der Waals surface area contributed by atoms with E-state index in [0.29, 0.717) is 17.3 Å². The Balaban J connectivity index is 1.62. The first-order chi connectivity index (χ1) is 15.2. The summed E-state index contributed by atoms with van der Waals surface area (Å²) in [4.78, 5) is 17.0. The Kier molecular flexibility index (Phi) is 7.68. The summed E-state index contributed by atoms with van der Waals surface area (Å²) in [7, 11) is 3.13. The predicted molar refractivity (Wildman–Crippen MR) is 121 cm³/mol. The number of benzene rings is 2. The molecule has 2 aromatic carbocycles. The third kappa shape index (κ3) is 5.74. The number of ether oxygens (including phenoxy) is 2. The van der Waals surface area contributed by atoms with E-state index in [0.717, 1.165) is 22.3 Å². The zero-order valence-corrected chi connectivity index (χ0v) is 19.2. The van der Waals surface area contributed by atoms with Crippen LogP contribution in [-0.2, 0) is 16.7 Å². The van der Waals surface area contributed by atoms with E-state index in [1.807, 2.05) is 17.5 Å². The fourth-order valence-electron chi connectivity index (χ4n) is 2.83. The summed E-state index contributed by atoms with van der Waals surface area (Å²) in [5, 5.41) is 4.50. The SMILES string of the molecule is COc1ccc(-c2nc(CSC(C)C(=O)Nc3ccccc3C(F)(F)F)cs2)cc1OC. The predicted octanol–water partition coefficient (Wildman–Crippen LogP) is 6.11. The first kappa shape index (κ1) is 23.9. The molecule has 0 aliphatic rings. The third-order valence-electron chi connectivity index (χ3n) is 4.52. The Morgan fingerprint density at radius 1 is 1.16 bits per heavy atom. The summed E-state index contributed by atoms with van der Waals surface area (Å²) in [5.41, 5.74) is 0.532. The number of para-hydroxylation sites is 1. The van der Waals surface area contributed by atoms with E-state index in [1.165, 1.54) is 41.3 Å². The van der Waals surface area contributed by atoms with Crippen molar-refractivity contribution >= 4 is 34.7 Å². The van der Waals surface area contributed by atoms with Gasteiger partial charge in [-0.25, -0.2) is 4.98 Å². The first-order valence-corrected chi connectivity index (χ1v) is 11.4. The summed E-state index contributed by atoms with van der Waals surface area (Å²) in [6, 6.07) is 10.4. The van der Waals surface area contributed by atoms with Gasteiger partial charge in [0, 0.05) is 16.7 Å². The van der Waals surface area contributed by atoms with E-state index in [4.69, 9.17) is 9.47 Å². The zero-order valence-electron chi connectivity index (χ0n) is 17.5. The van der Waals surface area contributed by atoms with Crippen molar-refractivity contribution in [2.45, 2.75) is 24.1 Å². The molecule has 32 heavy (non-hydrogen) atoms. The molecule has 0 fully saturated rings. The molecule has 0 bridgehead atoms. The average Bonchev–Trinajstić information content (AvgIpc) is 3.25. The summed E-state index contributed by atoms with van der Waals surface area (Å²) >= 11 is 2.75. The molecule has 3 aromatic rings. The molecule has 5 nitrogen and oxygen atoms in total. The molecule has 0 radical (unpaired) electrons. The number of nitrogens with one attached hydrogen (secondary N) is 1. The van der Waals surface area contributed by atoms with Gasteiger partial charge in [-0.05, 0) is 37.3 Å². The lowest BCUT2D eigenvalue weighted by Crippen LogP contribution is -2.24. The second kappa shape index (κ2) is 10.3. The highest BCUT2D eigenvalue weighted by atomic mass is 32.2. The highest BCUT2D eigenvalue weighted by molar-refractivity contribution is 7.99. The minimum atomic E-state index is -4.54. The first-order valence-electron chi connectivity index (χ1n) is 9.48. The van der Waals surface area contributed by atoms with E-state index in [2.05, 4.69) is 10.3 Å². The Labute approximate surface area is 192 Å².